The quantitative estimate of drug-likeness (QED) is 0.728. The molecule has 0 radical (unpaired) electrons. The van der Waals surface area contributed by atoms with Crippen molar-refractivity contribution in [1.29, 1.82) is 0 Å². The molecule has 0 bridgehead atoms. The van der Waals surface area contributed by atoms with Crippen LogP contribution in [0, 0.1) is 5.92 Å². The molecule has 1 aromatic carbocycles. The van der Waals surface area contributed by atoms with E-state index in [1.807, 2.05) is 58.2 Å². The van der Waals surface area contributed by atoms with E-state index in [9.17, 15) is 9.59 Å². The number of carbonyl (C=O) groups is 2. The van der Waals surface area contributed by atoms with Gasteiger partial charge in [-0.1, -0.05) is 32.1 Å². The smallest absolute Gasteiger partial charge is 0.340 e. The fraction of sp³-hybridized carbons (Fsp3) is 0.333. The maximum absolute atomic E-state index is 12.2. The first-order valence-corrected chi connectivity index (χ1v) is 10.5. The molecular weight excluding hydrogens is 392 g/mol. The zero-order valence-electron chi connectivity index (χ0n) is 18.6. The van der Waals surface area contributed by atoms with Crippen molar-refractivity contribution in [2.24, 2.45) is 10.9 Å². The topological polar surface area (TPSA) is 92.7 Å². The molecule has 2 aliphatic rings. The summed E-state index contributed by atoms with van der Waals surface area (Å²) >= 11 is 0. The van der Waals surface area contributed by atoms with Crippen LogP contribution in [-0.4, -0.2) is 31.0 Å². The van der Waals surface area contributed by atoms with Gasteiger partial charge in [0.1, 0.15) is 5.36 Å². The van der Waals surface area contributed by atoms with Gasteiger partial charge in [-0.25, -0.2) is 14.8 Å². The summed E-state index contributed by atoms with van der Waals surface area (Å²) in [5.74, 6) is -0.149. The molecule has 2 aromatic rings. The summed E-state index contributed by atoms with van der Waals surface area (Å²) in [6, 6.07) is 5.99. The number of nitrogens with one attached hydrogen (secondary N) is 2. The highest BCUT2D eigenvalue weighted by molar-refractivity contribution is 5.95. The van der Waals surface area contributed by atoms with Gasteiger partial charge in [-0.15, -0.1) is 0 Å². The lowest BCUT2D eigenvalue weighted by Crippen LogP contribution is -2.34. The number of pyridine rings is 1. The van der Waals surface area contributed by atoms with Crippen LogP contribution in [0.2, 0.25) is 0 Å². The third-order valence-electron chi connectivity index (χ3n) is 5.13. The molecule has 162 valence electrons. The average Bonchev–Trinajstić information content (AvgIpc) is 3.57. The summed E-state index contributed by atoms with van der Waals surface area (Å²) in [5.41, 5.74) is 1.99. The third-order valence-corrected chi connectivity index (χ3v) is 5.13. The Morgan fingerprint density at radius 2 is 1.97 bits per heavy atom. The lowest BCUT2D eigenvalue weighted by Gasteiger charge is -2.05. The monoisotopic (exact) mass is 420 g/mol. The Bertz CT molecular complexity index is 1260. The molecule has 0 spiro atoms. The number of fused-ring (bicyclic) bond motifs is 1. The van der Waals surface area contributed by atoms with Crippen LogP contribution in [0.15, 0.2) is 29.4 Å². The molecule has 7 heteroatoms. The second-order valence-corrected chi connectivity index (χ2v) is 7.02. The molecule has 2 N–H and O–H groups in total. The van der Waals surface area contributed by atoms with Crippen LogP contribution in [0.25, 0.3) is 17.8 Å². The zero-order valence-corrected chi connectivity index (χ0v) is 18.6. The second kappa shape index (κ2) is 9.55. The molecule has 31 heavy (non-hydrogen) atoms. The minimum absolute atomic E-state index is 0.0394. The number of anilines is 2. The van der Waals surface area contributed by atoms with E-state index in [1.165, 1.54) is 13.3 Å². The van der Waals surface area contributed by atoms with Crippen LogP contribution in [-0.2, 0) is 9.53 Å². The van der Waals surface area contributed by atoms with Crippen molar-refractivity contribution in [3.8, 4) is 0 Å². The average molecular weight is 421 g/mol. The molecular formula is C24H28N4O3. The van der Waals surface area contributed by atoms with Crippen molar-refractivity contribution in [2.75, 3.05) is 24.8 Å². The minimum atomic E-state index is -0.492. The van der Waals surface area contributed by atoms with Crippen molar-refractivity contribution >= 4 is 41.2 Å². The largest absolute Gasteiger partial charge is 0.465 e. The molecule has 4 rings (SSSR count). The highest BCUT2D eigenvalue weighted by atomic mass is 16.5. The Kier molecular flexibility index (Phi) is 6.84. The number of rotatable bonds is 4. The number of esters is 1. The SMILES string of the molecule is C/C=c1/cc/c(=C2/C=c3c(C(=O)OC)cnc(NC(=O)C4CC4)c3=N2)cc1NC.CC. The Hall–Kier alpha value is -3.48. The second-order valence-electron chi connectivity index (χ2n) is 7.02. The van der Waals surface area contributed by atoms with Gasteiger partial charge in [-0.3, -0.25) is 4.79 Å². The molecule has 0 atom stereocenters. The van der Waals surface area contributed by atoms with E-state index < -0.39 is 5.97 Å². The van der Waals surface area contributed by atoms with Crippen LogP contribution < -0.4 is 31.6 Å². The van der Waals surface area contributed by atoms with Crippen LogP contribution in [0.1, 0.15) is 44.0 Å². The molecule has 0 saturated heterocycles. The lowest BCUT2D eigenvalue weighted by molar-refractivity contribution is -0.117. The molecule has 1 amide bonds. The summed E-state index contributed by atoms with van der Waals surface area (Å²) in [6.45, 7) is 5.98. The number of hydrogen-bond acceptors (Lipinski definition) is 6. The van der Waals surface area contributed by atoms with Crippen LogP contribution >= 0.6 is 0 Å². The third kappa shape index (κ3) is 4.50. The fourth-order valence-electron chi connectivity index (χ4n) is 3.32. The Morgan fingerprint density at radius 1 is 1.23 bits per heavy atom. The number of ether oxygens (including phenoxy) is 1. The molecule has 7 nitrogen and oxygen atoms in total. The summed E-state index contributed by atoms with van der Waals surface area (Å²) in [6.07, 6.45) is 7.07. The van der Waals surface area contributed by atoms with E-state index in [-0.39, 0.29) is 11.8 Å². The van der Waals surface area contributed by atoms with Crippen LogP contribution in [0.5, 0.6) is 0 Å². The first-order valence-electron chi connectivity index (χ1n) is 10.5. The van der Waals surface area contributed by atoms with Gasteiger partial charge < -0.3 is 15.4 Å². The number of hydrogen-bond donors (Lipinski definition) is 2. The first kappa shape index (κ1) is 22.2. The first-order chi connectivity index (χ1) is 15.0. The number of carbonyl (C=O) groups excluding carboxylic acids is 2. The van der Waals surface area contributed by atoms with E-state index in [2.05, 4.69) is 15.6 Å². The van der Waals surface area contributed by atoms with E-state index in [1.54, 1.807) is 0 Å². The maximum atomic E-state index is 12.2. The minimum Gasteiger partial charge on any atom is -0.465 e. The van der Waals surface area contributed by atoms with Crippen molar-refractivity contribution in [3.63, 3.8) is 0 Å². The Labute approximate surface area is 181 Å². The predicted molar refractivity (Wildman–Crippen MR) is 122 cm³/mol. The van der Waals surface area contributed by atoms with Gasteiger partial charge in [0.05, 0.1) is 18.4 Å². The molecule has 1 aliphatic carbocycles. The predicted octanol–water partition coefficient (Wildman–Crippen LogP) is 1.31. The van der Waals surface area contributed by atoms with Crippen molar-refractivity contribution in [1.82, 2.24) is 4.98 Å². The van der Waals surface area contributed by atoms with Gasteiger partial charge in [-0.2, -0.15) is 0 Å². The highest BCUT2D eigenvalue weighted by Crippen LogP contribution is 2.29. The number of methoxy groups -OCH3 is 1. The molecule has 1 aromatic heterocycles. The number of nitrogens with zero attached hydrogens (tertiary/aromatic N) is 2. The molecule has 1 fully saturated rings. The fourth-order valence-corrected chi connectivity index (χ4v) is 3.32. The number of amides is 1. The van der Waals surface area contributed by atoms with E-state index in [0.717, 1.165) is 29.0 Å². The van der Waals surface area contributed by atoms with Gasteiger partial charge in [0.2, 0.25) is 5.91 Å². The van der Waals surface area contributed by atoms with E-state index in [0.29, 0.717) is 27.7 Å². The van der Waals surface area contributed by atoms with Gasteiger partial charge in [0, 0.05) is 35.3 Å². The van der Waals surface area contributed by atoms with Crippen molar-refractivity contribution in [2.45, 2.75) is 33.6 Å². The van der Waals surface area contributed by atoms with E-state index >= 15 is 0 Å². The number of benzene rings is 1. The van der Waals surface area contributed by atoms with Gasteiger partial charge in [-0.05, 0) is 37.1 Å². The Morgan fingerprint density at radius 3 is 2.58 bits per heavy atom. The number of aromatic nitrogens is 1. The summed E-state index contributed by atoms with van der Waals surface area (Å²) in [7, 11) is 3.19. The summed E-state index contributed by atoms with van der Waals surface area (Å²) in [4.78, 5) is 33.4. The van der Waals surface area contributed by atoms with Crippen molar-refractivity contribution < 1.29 is 14.3 Å². The molecule has 0 unspecified atom stereocenters. The normalized spacial score (nSPS) is 16.2. The molecule has 1 aliphatic heterocycles. The molecule has 1 saturated carbocycles. The van der Waals surface area contributed by atoms with Gasteiger partial charge in [0.25, 0.3) is 0 Å². The van der Waals surface area contributed by atoms with Gasteiger partial charge >= 0.3 is 5.97 Å². The van der Waals surface area contributed by atoms with E-state index in [4.69, 9.17) is 9.73 Å². The standard InChI is InChI=1S/C22H22N4O3.C2H6/c1-4-12-5-8-14(9-17(12)23-2)18-10-15-16(22(28)29-3)11-24-20(19(15)25-18)26-21(27)13-6-7-13;1-2/h4-5,8-11,13,23H,6-7H2,1-3H3,(H,24,26,27);1-2H3/b12-4-,18-14+;. The van der Waals surface area contributed by atoms with Crippen molar-refractivity contribution in [3.05, 3.63) is 51.0 Å². The van der Waals surface area contributed by atoms with Crippen LogP contribution in [0.3, 0.4) is 0 Å². The zero-order chi connectivity index (χ0) is 22.5. The van der Waals surface area contributed by atoms with Crippen LogP contribution in [0.4, 0.5) is 11.5 Å². The summed E-state index contributed by atoms with van der Waals surface area (Å²) in [5, 5.41) is 9.10. The lowest BCUT2D eigenvalue weighted by atomic mass is 10.1. The highest BCUT2D eigenvalue weighted by Gasteiger charge is 2.30. The Balaban J connectivity index is 0.00000132. The maximum Gasteiger partial charge on any atom is 0.340 e. The summed E-state index contributed by atoms with van der Waals surface area (Å²) < 4.78 is 4.89. The van der Waals surface area contributed by atoms with Gasteiger partial charge in [0.15, 0.2) is 5.82 Å². The molecule has 2 heterocycles.